The van der Waals surface area contributed by atoms with Gasteiger partial charge in [-0.15, -0.1) is 0 Å². The van der Waals surface area contributed by atoms with Gasteiger partial charge >= 0.3 is 0 Å². The molecule has 12 heteroatoms. The van der Waals surface area contributed by atoms with Crippen molar-refractivity contribution >= 4 is 52.1 Å². The van der Waals surface area contributed by atoms with Crippen molar-refractivity contribution in [1.82, 2.24) is 4.90 Å². The molecule has 0 radical (unpaired) electrons. The number of likely N-dealkylation sites (tertiary alicyclic amines) is 1. The number of ether oxygens (including phenoxy) is 1. The number of benzene rings is 3. The number of carbonyl (C=O) groups is 2. The second-order valence-electron chi connectivity index (χ2n) is 13.0. The molecule has 2 saturated heterocycles. The number of amides is 2. The maximum Gasteiger partial charge on any atom is 0.296 e. The van der Waals surface area contributed by atoms with E-state index >= 15 is 4.39 Å². The van der Waals surface area contributed by atoms with Crippen molar-refractivity contribution in [2.45, 2.75) is 63.6 Å². The van der Waals surface area contributed by atoms with Gasteiger partial charge in [0.2, 0.25) is 11.8 Å². The number of nitro groups is 1. The minimum Gasteiger partial charge on any atom is -0.374 e. The summed E-state index contributed by atoms with van der Waals surface area (Å²) in [5.41, 5.74) is 0.945. The zero-order valence-corrected chi connectivity index (χ0v) is 27.8. The van der Waals surface area contributed by atoms with Gasteiger partial charge in [-0.1, -0.05) is 47.5 Å². The molecule has 9 nitrogen and oxygen atoms in total. The Kier molecular flexibility index (Phi) is 8.06. The first-order valence-corrected chi connectivity index (χ1v) is 16.8. The molecule has 0 aromatic heterocycles. The number of nitro benzene ring substituents is 1. The predicted octanol–water partition coefficient (Wildman–Crippen LogP) is 7.53. The molecule has 246 valence electrons. The maximum atomic E-state index is 16.2. The van der Waals surface area contributed by atoms with E-state index in [1.54, 1.807) is 49.4 Å². The number of hydrogen-bond donors (Lipinski definition) is 1. The van der Waals surface area contributed by atoms with Crippen molar-refractivity contribution < 1.29 is 23.6 Å². The summed E-state index contributed by atoms with van der Waals surface area (Å²) < 4.78 is 22.0. The number of halogens is 3. The van der Waals surface area contributed by atoms with E-state index in [9.17, 15) is 19.7 Å². The topological polar surface area (TPSA) is 105 Å². The summed E-state index contributed by atoms with van der Waals surface area (Å²) in [7, 11) is 0. The van der Waals surface area contributed by atoms with Crippen LogP contribution in [0.4, 0.5) is 21.5 Å². The summed E-state index contributed by atoms with van der Waals surface area (Å²) >= 11 is 12.7. The molecule has 3 aromatic rings. The summed E-state index contributed by atoms with van der Waals surface area (Å²) in [5, 5.41) is 15.9. The first-order chi connectivity index (χ1) is 22.5. The lowest BCUT2D eigenvalue weighted by molar-refractivity contribution is -0.384. The average molecular weight is 682 g/mol. The minimum atomic E-state index is -1.44. The zero-order chi connectivity index (χ0) is 33.4. The van der Waals surface area contributed by atoms with E-state index in [1.165, 1.54) is 11.0 Å². The molecule has 1 aliphatic carbocycles. The van der Waals surface area contributed by atoms with Gasteiger partial charge in [0.15, 0.2) is 0 Å². The average Bonchev–Trinajstić information content (AvgIpc) is 3.74. The lowest BCUT2D eigenvalue weighted by Crippen LogP contribution is -2.54. The van der Waals surface area contributed by atoms with Crippen LogP contribution in [0.2, 0.25) is 10.0 Å². The van der Waals surface area contributed by atoms with E-state index in [2.05, 4.69) is 10.2 Å². The normalized spacial score (nSPS) is 26.0. The first kappa shape index (κ1) is 32.0. The number of anilines is 2. The standard InChI is InChI=1S/C35H35Cl2FN4O5/c1-4-47-19(3)22-11-13-28(32(18(22)2)42(45)46)40-15-14-27-29(33(40)43)30(23-6-5-7-25(37)31(23)38)35(41(27)17-20-8-9-20)24-12-10-21(36)16-26(24)39-34(35)44/h5-7,10-13,16,19-20,27,29-30H,4,8-9,14-15,17H2,1-3H3,(H,39,44)/t19?,27-,29+,30-,35+/m0/s1. The number of piperidine rings is 1. The zero-order valence-electron chi connectivity index (χ0n) is 26.3. The molecule has 5 atom stereocenters. The molecule has 3 aromatic carbocycles. The molecular formula is C35H35Cl2FN4O5. The number of nitrogens with one attached hydrogen (secondary N) is 1. The van der Waals surface area contributed by atoms with E-state index in [4.69, 9.17) is 27.9 Å². The highest BCUT2D eigenvalue weighted by Crippen LogP contribution is 2.62. The largest absolute Gasteiger partial charge is 0.374 e. The number of carbonyl (C=O) groups excluding carboxylic acids is 2. The predicted molar refractivity (Wildman–Crippen MR) is 177 cm³/mol. The Morgan fingerprint density at radius 1 is 1.15 bits per heavy atom. The number of nitrogens with zero attached hydrogens (tertiary/aromatic N) is 3. The lowest BCUT2D eigenvalue weighted by Gasteiger charge is -2.40. The van der Waals surface area contributed by atoms with Gasteiger partial charge in [-0.25, -0.2) is 4.39 Å². The third kappa shape index (κ3) is 4.86. The number of fused-ring (bicyclic) bond motifs is 3. The van der Waals surface area contributed by atoms with Crippen LogP contribution < -0.4 is 10.2 Å². The molecule has 3 heterocycles. The fourth-order valence-corrected chi connectivity index (χ4v) is 8.76. The van der Waals surface area contributed by atoms with Crippen molar-refractivity contribution in [3.05, 3.63) is 96.8 Å². The van der Waals surface area contributed by atoms with Crippen LogP contribution in [-0.4, -0.2) is 47.4 Å². The Morgan fingerprint density at radius 2 is 1.91 bits per heavy atom. The van der Waals surface area contributed by atoms with E-state index in [-0.39, 0.29) is 40.5 Å². The van der Waals surface area contributed by atoms with Crippen molar-refractivity contribution in [2.75, 3.05) is 29.9 Å². The molecule has 3 aliphatic heterocycles. The molecule has 47 heavy (non-hydrogen) atoms. The van der Waals surface area contributed by atoms with Gasteiger partial charge in [0.25, 0.3) is 5.69 Å². The van der Waals surface area contributed by atoms with Gasteiger partial charge in [-0.05, 0) is 81.3 Å². The van der Waals surface area contributed by atoms with Gasteiger partial charge in [0.1, 0.15) is 17.0 Å². The third-order valence-corrected chi connectivity index (χ3v) is 11.0. The van der Waals surface area contributed by atoms with Gasteiger partial charge in [-0.3, -0.25) is 24.6 Å². The van der Waals surface area contributed by atoms with Crippen molar-refractivity contribution in [3.63, 3.8) is 0 Å². The Bertz CT molecular complexity index is 1820. The SMILES string of the molecule is CCOC(C)c1ccc(N2CC[C@H]3[C@@H](C2=O)[C@H](c2cccc(Cl)c2F)[C@]2(C(=O)Nc4cc(Cl)ccc42)N3CC2CC2)c([N+](=O)[O-])c1C. The second kappa shape index (κ2) is 11.8. The number of hydrogen-bond acceptors (Lipinski definition) is 6. The van der Waals surface area contributed by atoms with Gasteiger partial charge in [0.05, 0.1) is 22.0 Å². The van der Waals surface area contributed by atoms with Crippen LogP contribution in [-0.2, 0) is 19.9 Å². The summed E-state index contributed by atoms with van der Waals surface area (Å²) in [5.74, 6) is -3.01. The van der Waals surface area contributed by atoms with E-state index in [1.807, 2.05) is 13.8 Å². The second-order valence-corrected chi connectivity index (χ2v) is 13.8. The van der Waals surface area contributed by atoms with Crippen LogP contribution in [0.3, 0.4) is 0 Å². The fraction of sp³-hybridized carbons (Fsp3) is 0.429. The Labute approximate surface area is 282 Å². The lowest BCUT2D eigenvalue weighted by atomic mass is 9.70. The van der Waals surface area contributed by atoms with Crippen LogP contribution in [0.25, 0.3) is 0 Å². The molecule has 1 spiro atoms. The summed E-state index contributed by atoms with van der Waals surface area (Å²) in [6, 6.07) is 12.8. The van der Waals surface area contributed by atoms with Gasteiger partial charge in [0, 0.05) is 53.5 Å². The molecule has 7 rings (SSSR count). The molecule has 1 saturated carbocycles. The molecule has 3 fully saturated rings. The van der Waals surface area contributed by atoms with E-state index < -0.39 is 40.1 Å². The van der Waals surface area contributed by atoms with Crippen LogP contribution in [0.15, 0.2) is 48.5 Å². The first-order valence-electron chi connectivity index (χ1n) is 16.0. The molecule has 0 bridgehead atoms. The molecular weight excluding hydrogens is 646 g/mol. The highest BCUT2D eigenvalue weighted by Gasteiger charge is 2.70. The Morgan fingerprint density at radius 3 is 2.62 bits per heavy atom. The summed E-state index contributed by atoms with van der Waals surface area (Å²) in [6.45, 7) is 6.53. The van der Waals surface area contributed by atoms with Crippen molar-refractivity contribution in [2.24, 2.45) is 11.8 Å². The molecule has 2 amide bonds. The highest BCUT2D eigenvalue weighted by atomic mass is 35.5. The van der Waals surface area contributed by atoms with E-state index in [0.29, 0.717) is 52.9 Å². The Balaban J connectivity index is 1.43. The van der Waals surface area contributed by atoms with Crippen LogP contribution in [0.1, 0.15) is 67.4 Å². The van der Waals surface area contributed by atoms with Crippen molar-refractivity contribution in [3.8, 4) is 0 Å². The maximum absolute atomic E-state index is 16.2. The quantitative estimate of drug-likeness (QED) is 0.195. The van der Waals surface area contributed by atoms with Crippen LogP contribution in [0, 0.1) is 34.7 Å². The smallest absolute Gasteiger partial charge is 0.296 e. The summed E-state index contributed by atoms with van der Waals surface area (Å²) in [6.07, 6.45) is 2.03. The number of rotatable bonds is 8. The van der Waals surface area contributed by atoms with Gasteiger partial charge in [-0.2, -0.15) is 0 Å². The van der Waals surface area contributed by atoms with Gasteiger partial charge < -0.3 is 15.0 Å². The van der Waals surface area contributed by atoms with Crippen LogP contribution in [0.5, 0.6) is 0 Å². The molecule has 1 unspecified atom stereocenters. The van der Waals surface area contributed by atoms with E-state index in [0.717, 1.165) is 12.8 Å². The minimum absolute atomic E-state index is 0.116. The highest BCUT2D eigenvalue weighted by molar-refractivity contribution is 6.31. The third-order valence-electron chi connectivity index (χ3n) is 10.5. The monoisotopic (exact) mass is 680 g/mol. The fourth-order valence-electron chi connectivity index (χ4n) is 8.40. The molecule has 1 N–H and O–H groups in total. The van der Waals surface area contributed by atoms with Crippen molar-refractivity contribution in [1.29, 1.82) is 0 Å². The Hall–Kier alpha value is -3.57. The summed E-state index contributed by atoms with van der Waals surface area (Å²) in [4.78, 5) is 45.3. The molecule has 4 aliphatic rings. The van der Waals surface area contributed by atoms with Crippen LogP contribution >= 0.6 is 23.2 Å².